The molecule has 6 rings (SSSR count). The van der Waals surface area contributed by atoms with Gasteiger partial charge in [0.2, 0.25) is 0 Å². The molecule has 3 aromatic rings. The van der Waals surface area contributed by atoms with E-state index >= 15 is 0 Å². The van der Waals surface area contributed by atoms with Crippen molar-refractivity contribution in [2.24, 2.45) is 5.92 Å². The highest BCUT2D eigenvalue weighted by Gasteiger charge is 2.44. The molecule has 2 fully saturated rings. The summed E-state index contributed by atoms with van der Waals surface area (Å²) >= 11 is 6.29. The molecule has 39 heavy (non-hydrogen) atoms. The number of aryl methyl sites for hydroxylation is 1. The van der Waals surface area contributed by atoms with Crippen LogP contribution in [0.1, 0.15) is 81.3 Å². The number of rotatable bonds is 5. The first kappa shape index (κ1) is 28.0. The van der Waals surface area contributed by atoms with E-state index in [0.717, 1.165) is 68.1 Å². The number of nitrogens with one attached hydrogen (secondary N) is 2. The molecule has 1 saturated carbocycles. The van der Waals surface area contributed by atoms with Gasteiger partial charge < -0.3 is 15.2 Å². The van der Waals surface area contributed by atoms with Gasteiger partial charge in [-0.05, 0) is 106 Å². The first-order valence-corrected chi connectivity index (χ1v) is 14.6. The summed E-state index contributed by atoms with van der Waals surface area (Å²) in [5.41, 5.74) is 3.90. The van der Waals surface area contributed by atoms with E-state index in [4.69, 9.17) is 11.6 Å². The third-order valence-corrected chi connectivity index (χ3v) is 8.98. The van der Waals surface area contributed by atoms with Gasteiger partial charge in [-0.25, -0.2) is 4.98 Å². The topological polar surface area (TPSA) is 44.0 Å². The summed E-state index contributed by atoms with van der Waals surface area (Å²) < 4.78 is 41.7. The average Bonchev–Trinajstić information content (AvgIpc) is 3.42. The van der Waals surface area contributed by atoms with Crippen molar-refractivity contribution in [2.45, 2.75) is 76.8 Å². The quantitative estimate of drug-likeness (QED) is 0.329. The molecule has 2 N–H and O–H groups in total. The van der Waals surface area contributed by atoms with Gasteiger partial charge in [0.15, 0.2) is 0 Å². The molecule has 210 valence electrons. The highest BCUT2D eigenvalue weighted by Crippen LogP contribution is 2.50. The Morgan fingerprint density at radius 1 is 1.13 bits per heavy atom. The van der Waals surface area contributed by atoms with E-state index < -0.39 is 11.7 Å². The Kier molecular flexibility index (Phi) is 7.77. The number of nitrogens with zero attached hydrogens (tertiary/aromatic N) is 2. The van der Waals surface area contributed by atoms with Crippen LogP contribution in [0.4, 0.5) is 18.9 Å². The van der Waals surface area contributed by atoms with Gasteiger partial charge in [-0.2, -0.15) is 13.2 Å². The van der Waals surface area contributed by atoms with E-state index in [1.807, 2.05) is 32.0 Å². The molecule has 0 unspecified atom stereocenters. The molecular formula is C31H38ClF3N4. The van der Waals surface area contributed by atoms with Gasteiger partial charge in [0.05, 0.1) is 11.1 Å². The van der Waals surface area contributed by atoms with Crippen LogP contribution in [0, 0.1) is 5.92 Å². The predicted molar refractivity (Wildman–Crippen MR) is 153 cm³/mol. The third-order valence-electron chi connectivity index (χ3n) is 8.74. The Morgan fingerprint density at radius 2 is 1.85 bits per heavy atom. The SMILES string of the molecule is C=C1Nc2ccc(Cl)cc2C12CCN(CCCc1cc(C(F)(F)F)c3nc(C4CC(C)C4)[nH]c3c1)CC2.CC. The lowest BCUT2D eigenvalue weighted by Crippen LogP contribution is -2.43. The molecule has 1 aliphatic carbocycles. The smallest absolute Gasteiger partial charge is 0.358 e. The summed E-state index contributed by atoms with van der Waals surface area (Å²) in [7, 11) is 0. The number of H-pyrrole nitrogens is 1. The number of likely N-dealkylation sites (tertiary alicyclic amines) is 1. The number of alkyl halides is 3. The number of halogens is 4. The van der Waals surface area contributed by atoms with Crippen LogP contribution in [0.3, 0.4) is 0 Å². The Hall–Kier alpha value is -2.51. The summed E-state index contributed by atoms with van der Waals surface area (Å²) in [6.45, 7) is 13.2. The minimum absolute atomic E-state index is 0.0536. The van der Waals surface area contributed by atoms with Gasteiger partial charge in [-0.3, -0.25) is 0 Å². The number of piperidine rings is 1. The highest BCUT2D eigenvalue weighted by atomic mass is 35.5. The zero-order valence-corrected chi connectivity index (χ0v) is 23.8. The lowest BCUT2D eigenvalue weighted by atomic mass is 9.72. The van der Waals surface area contributed by atoms with Gasteiger partial charge in [0.1, 0.15) is 11.3 Å². The van der Waals surface area contributed by atoms with Crippen LogP contribution in [0.2, 0.25) is 5.02 Å². The Labute approximate surface area is 234 Å². The third kappa shape index (κ3) is 5.32. The summed E-state index contributed by atoms with van der Waals surface area (Å²) in [6, 6.07) is 9.14. The van der Waals surface area contributed by atoms with E-state index in [9.17, 15) is 13.2 Å². The highest BCUT2D eigenvalue weighted by molar-refractivity contribution is 6.30. The second-order valence-corrected chi connectivity index (χ2v) is 11.7. The van der Waals surface area contributed by atoms with Gasteiger partial charge in [-0.15, -0.1) is 0 Å². The minimum Gasteiger partial charge on any atom is -0.358 e. The van der Waals surface area contributed by atoms with Gasteiger partial charge in [0.25, 0.3) is 0 Å². The second-order valence-electron chi connectivity index (χ2n) is 11.3. The van der Waals surface area contributed by atoms with Crippen LogP contribution >= 0.6 is 11.6 Å². The van der Waals surface area contributed by atoms with Crippen molar-refractivity contribution in [3.8, 4) is 0 Å². The molecule has 2 aromatic carbocycles. The predicted octanol–water partition coefficient (Wildman–Crippen LogP) is 8.68. The van der Waals surface area contributed by atoms with Crippen molar-refractivity contribution in [1.82, 2.24) is 14.9 Å². The van der Waals surface area contributed by atoms with Crippen LogP contribution in [0.5, 0.6) is 0 Å². The molecular weight excluding hydrogens is 521 g/mol. The Bertz CT molecular complexity index is 1350. The number of anilines is 1. The fraction of sp³-hybridized carbons (Fsp3) is 0.516. The number of hydrogen-bond acceptors (Lipinski definition) is 3. The molecule has 1 saturated heterocycles. The number of allylic oxidation sites excluding steroid dienone is 1. The first-order chi connectivity index (χ1) is 18.6. The summed E-state index contributed by atoms with van der Waals surface area (Å²) in [5, 5.41) is 4.18. The summed E-state index contributed by atoms with van der Waals surface area (Å²) in [4.78, 5) is 10.0. The lowest BCUT2D eigenvalue weighted by Gasteiger charge is -2.40. The molecule has 0 amide bonds. The van der Waals surface area contributed by atoms with Crippen molar-refractivity contribution >= 4 is 28.3 Å². The number of aromatic nitrogens is 2. The van der Waals surface area contributed by atoms with Gasteiger partial charge >= 0.3 is 6.18 Å². The van der Waals surface area contributed by atoms with Crippen LogP contribution < -0.4 is 5.32 Å². The fourth-order valence-corrected chi connectivity index (χ4v) is 6.75. The standard InChI is InChI=1S/C29H32ClF3N4.C2H6/c1-17-12-20(13-17)27-35-25-15-19(14-23(26(25)36-27)29(31,32)33)4-3-9-37-10-7-28(8-11-37)18(2)34-24-6-5-21(30)16-22(24)28;1-2/h5-6,14-17,20,34H,2-4,7-13H2,1H3,(H,35,36);1-2H3. The molecule has 2 aliphatic heterocycles. The van der Waals surface area contributed by atoms with Crippen molar-refractivity contribution in [2.75, 3.05) is 25.0 Å². The normalized spacial score (nSPS) is 22.3. The molecule has 1 spiro atoms. The molecule has 3 aliphatic rings. The number of hydrogen-bond donors (Lipinski definition) is 2. The lowest BCUT2D eigenvalue weighted by molar-refractivity contribution is -0.136. The Morgan fingerprint density at radius 3 is 2.51 bits per heavy atom. The zero-order valence-electron chi connectivity index (χ0n) is 23.0. The second kappa shape index (κ2) is 10.8. The molecule has 8 heteroatoms. The summed E-state index contributed by atoms with van der Waals surface area (Å²) in [5.74, 6) is 1.54. The van der Waals surface area contributed by atoms with E-state index in [0.29, 0.717) is 29.2 Å². The van der Waals surface area contributed by atoms with Crippen LogP contribution in [0.15, 0.2) is 42.6 Å². The first-order valence-electron chi connectivity index (χ1n) is 14.2. The van der Waals surface area contributed by atoms with Crippen molar-refractivity contribution in [1.29, 1.82) is 0 Å². The van der Waals surface area contributed by atoms with Crippen molar-refractivity contribution in [3.63, 3.8) is 0 Å². The zero-order chi connectivity index (χ0) is 27.9. The van der Waals surface area contributed by atoms with Gasteiger partial charge in [-0.1, -0.05) is 39.0 Å². The maximum Gasteiger partial charge on any atom is 0.418 e. The van der Waals surface area contributed by atoms with Crippen LogP contribution in [0.25, 0.3) is 11.0 Å². The van der Waals surface area contributed by atoms with Crippen LogP contribution in [-0.2, 0) is 18.0 Å². The maximum atomic E-state index is 13.9. The molecule has 0 atom stereocenters. The maximum absolute atomic E-state index is 13.9. The van der Waals surface area contributed by atoms with E-state index in [1.165, 1.54) is 11.6 Å². The monoisotopic (exact) mass is 558 g/mol. The summed E-state index contributed by atoms with van der Waals surface area (Å²) in [6.07, 6.45) is 0.840. The van der Waals surface area contributed by atoms with E-state index in [-0.39, 0.29) is 16.8 Å². The van der Waals surface area contributed by atoms with Crippen molar-refractivity contribution < 1.29 is 13.2 Å². The number of imidazole rings is 1. The van der Waals surface area contributed by atoms with Crippen molar-refractivity contribution in [3.05, 3.63) is 70.1 Å². The molecule has 4 nitrogen and oxygen atoms in total. The molecule has 0 bridgehead atoms. The van der Waals surface area contributed by atoms with E-state index in [1.54, 1.807) is 0 Å². The van der Waals surface area contributed by atoms with Gasteiger partial charge in [0, 0.05) is 27.7 Å². The molecule has 3 heterocycles. The molecule has 0 radical (unpaired) electrons. The average molecular weight is 559 g/mol. The van der Waals surface area contributed by atoms with Crippen LogP contribution in [-0.4, -0.2) is 34.5 Å². The number of aromatic amines is 1. The Balaban J connectivity index is 0.00000151. The number of fused-ring (bicyclic) bond motifs is 3. The molecule has 1 aromatic heterocycles. The fourth-order valence-electron chi connectivity index (χ4n) is 6.58. The van der Waals surface area contributed by atoms with E-state index in [2.05, 4.69) is 39.8 Å². The minimum atomic E-state index is -4.42. The number of benzene rings is 2. The largest absolute Gasteiger partial charge is 0.418 e.